The highest BCUT2D eigenvalue weighted by atomic mass is 16.3. The normalized spacial score (nSPS) is 31.7. The molecule has 0 aromatic heterocycles. The summed E-state index contributed by atoms with van der Waals surface area (Å²) in [5.74, 6) is -0.931. The molecule has 1 saturated carbocycles. The molecule has 2 heterocycles. The molecule has 1 aliphatic carbocycles. The lowest BCUT2D eigenvalue weighted by Gasteiger charge is -2.55. The quantitative estimate of drug-likeness (QED) is 0.256. The van der Waals surface area contributed by atoms with Crippen molar-refractivity contribution in [2.75, 3.05) is 21.3 Å². The lowest BCUT2D eigenvalue weighted by Crippen LogP contribution is -2.58. The minimum Gasteiger partial charge on any atom is -0.851 e. The summed E-state index contributed by atoms with van der Waals surface area (Å²) < 4.78 is 0. The van der Waals surface area contributed by atoms with E-state index < -0.39 is 24.0 Å². The number of aliphatic hydroxyl groups is 1. The van der Waals surface area contributed by atoms with Gasteiger partial charge in [0.25, 0.3) is 0 Å². The maximum atomic E-state index is 14.0. The molecule has 0 amide bonds. The van der Waals surface area contributed by atoms with Crippen molar-refractivity contribution in [3.05, 3.63) is 71.8 Å². The van der Waals surface area contributed by atoms with Crippen LogP contribution < -0.4 is 26.4 Å². The second-order valence-electron chi connectivity index (χ2n) is 11.6. The van der Waals surface area contributed by atoms with Crippen LogP contribution in [0.4, 0.5) is 22.7 Å². The van der Waals surface area contributed by atoms with Gasteiger partial charge in [-0.3, -0.25) is 0 Å². The number of benzene rings is 4. The molecule has 7 rings (SSSR count). The van der Waals surface area contributed by atoms with Crippen LogP contribution in [0.3, 0.4) is 0 Å². The Morgan fingerprint density at radius 1 is 0.553 bits per heavy atom. The molecule has 196 valence electrons. The van der Waals surface area contributed by atoms with Crippen molar-refractivity contribution in [2.45, 2.75) is 75.9 Å². The summed E-state index contributed by atoms with van der Waals surface area (Å²) in [5.41, 5.74) is 6.15. The third-order valence-corrected chi connectivity index (χ3v) is 9.34. The van der Waals surface area contributed by atoms with Gasteiger partial charge in [0, 0.05) is 57.7 Å². The van der Waals surface area contributed by atoms with Gasteiger partial charge in [0.2, 0.25) is 0 Å². The number of aliphatic hydroxyl groups excluding tert-OH is 1. The minimum absolute atomic E-state index is 0.259. The van der Waals surface area contributed by atoms with Crippen LogP contribution >= 0.6 is 0 Å². The highest BCUT2D eigenvalue weighted by Crippen LogP contribution is 2.52. The van der Waals surface area contributed by atoms with Gasteiger partial charge in [-0.15, -0.1) is 6.10 Å². The first-order valence-corrected chi connectivity index (χ1v) is 13.8. The van der Waals surface area contributed by atoms with Crippen LogP contribution in [-0.4, -0.2) is 41.5 Å². The lowest BCUT2D eigenvalue weighted by atomic mass is 9.62. The van der Waals surface area contributed by atoms with Crippen LogP contribution in [-0.2, 0) is 0 Å². The van der Waals surface area contributed by atoms with Crippen molar-refractivity contribution >= 4 is 44.3 Å². The Kier molecular flexibility index (Phi) is 5.29. The number of nitrogens with one attached hydrogen (secondary N) is 4. The zero-order valence-electron chi connectivity index (χ0n) is 22.2. The van der Waals surface area contributed by atoms with E-state index in [1.54, 1.807) is 0 Å². The average Bonchev–Trinajstić information content (AvgIpc) is 3.11. The van der Waals surface area contributed by atoms with Gasteiger partial charge in [0.05, 0.1) is 6.10 Å². The summed E-state index contributed by atoms with van der Waals surface area (Å²) in [6.45, 7) is 8.69. The fraction of sp³-hybridized carbons (Fsp3) is 0.375. The first-order valence-electron chi connectivity index (χ1n) is 13.8. The summed E-state index contributed by atoms with van der Waals surface area (Å²) in [6.07, 6.45) is -1.69. The molecule has 4 aromatic rings. The maximum Gasteiger partial charge on any atom is 0.0657 e. The summed E-state index contributed by atoms with van der Waals surface area (Å²) in [4.78, 5) is 0. The Hall–Kier alpha value is -3.48. The largest absolute Gasteiger partial charge is 0.851 e. The van der Waals surface area contributed by atoms with E-state index in [0.717, 1.165) is 55.4 Å². The average molecular weight is 508 g/mol. The first kappa shape index (κ1) is 23.6. The molecule has 0 radical (unpaired) electrons. The molecule has 0 bridgehead atoms. The summed E-state index contributed by atoms with van der Waals surface area (Å²) in [6, 6.07) is 21.7. The molecule has 6 atom stereocenters. The molecule has 0 saturated heterocycles. The monoisotopic (exact) mass is 507 g/mol. The fourth-order valence-electron chi connectivity index (χ4n) is 6.81. The molecule has 38 heavy (non-hydrogen) atoms. The minimum atomic E-state index is -0.937. The third kappa shape index (κ3) is 3.33. The van der Waals surface area contributed by atoms with Crippen molar-refractivity contribution in [1.29, 1.82) is 0 Å². The molecular formula is C32H35N4O2-. The number of rotatable bonds is 2. The van der Waals surface area contributed by atoms with E-state index in [9.17, 15) is 10.2 Å². The van der Waals surface area contributed by atoms with Gasteiger partial charge in [0.1, 0.15) is 0 Å². The Labute approximate surface area is 223 Å². The molecule has 6 nitrogen and oxygen atoms in total. The van der Waals surface area contributed by atoms with Crippen molar-refractivity contribution in [1.82, 2.24) is 0 Å². The number of anilines is 4. The molecule has 6 heteroatoms. The predicted octanol–water partition coefficient (Wildman–Crippen LogP) is 5.19. The predicted molar refractivity (Wildman–Crippen MR) is 156 cm³/mol. The summed E-state index contributed by atoms with van der Waals surface area (Å²) in [5, 5.41) is 44.4. The Balaban J connectivity index is 1.30. The van der Waals surface area contributed by atoms with Gasteiger partial charge in [-0.05, 0) is 85.7 Å². The van der Waals surface area contributed by atoms with Crippen molar-refractivity contribution in [3.63, 3.8) is 0 Å². The van der Waals surface area contributed by atoms with Gasteiger partial charge < -0.3 is 31.5 Å². The smallest absolute Gasteiger partial charge is 0.0657 e. The maximum absolute atomic E-state index is 14.0. The Bertz CT molecular complexity index is 1410. The zero-order chi connectivity index (χ0) is 26.3. The number of hydrogen-bond donors (Lipinski definition) is 5. The van der Waals surface area contributed by atoms with Crippen LogP contribution in [0.1, 0.15) is 50.7 Å². The third-order valence-electron chi connectivity index (χ3n) is 9.34. The molecule has 5 N–H and O–H groups in total. The standard InChI is InChI=1S/C32H35N4O2/c1-15-17(3)35-25-13-11-21(19-7-5-9-23(33-15)27(19)25)29-31(37)30(32(29)38)22-12-14-26-28-20(22)8-6-10-24(28)34-16(2)18(4)36-26/h5-18,29-37H,1-4H3/q-1. The molecule has 6 unspecified atom stereocenters. The molecule has 0 spiro atoms. The molecule has 3 aliphatic rings. The molecular weight excluding hydrogens is 472 g/mol. The number of hydrogen-bond acceptors (Lipinski definition) is 6. The van der Waals surface area contributed by atoms with Crippen molar-refractivity contribution < 1.29 is 10.2 Å². The van der Waals surface area contributed by atoms with E-state index in [0.29, 0.717) is 0 Å². The highest BCUT2D eigenvalue weighted by Gasteiger charge is 2.46. The van der Waals surface area contributed by atoms with Gasteiger partial charge in [0.15, 0.2) is 0 Å². The Morgan fingerprint density at radius 3 is 1.29 bits per heavy atom. The fourth-order valence-corrected chi connectivity index (χ4v) is 6.81. The van der Waals surface area contributed by atoms with E-state index in [2.05, 4.69) is 85.4 Å². The van der Waals surface area contributed by atoms with Crippen molar-refractivity contribution in [3.8, 4) is 0 Å². The SMILES string of the molecule is CC1Nc2cccc3c(C4C([O-])C(c5ccc6c7c(cccc57)NC(C)C(C)N6)C4O)ccc(c23)NC1C. The van der Waals surface area contributed by atoms with Gasteiger partial charge in [-0.1, -0.05) is 36.4 Å². The van der Waals surface area contributed by atoms with Gasteiger partial charge in [-0.2, -0.15) is 0 Å². The van der Waals surface area contributed by atoms with Gasteiger partial charge in [-0.25, -0.2) is 0 Å². The summed E-state index contributed by atoms with van der Waals surface area (Å²) in [7, 11) is 0. The van der Waals surface area contributed by atoms with Crippen LogP contribution in [0.25, 0.3) is 21.5 Å². The molecule has 1 fully saturated rings. The first-order chi connectivity index (χ1) is 18.3. The Morgan fingerprint density at radius 2 is 0.921 bits per heavy atom. The van der Waals surface area contributed by atoms with Crippen LogP contribution in [0, 0.1) is 0 Å². The van der Waals surface area contributed by atoms with E-state index in [-0.39, 0.29) is 24.2 Å². The molecule has 2 aliphatic heterocycles. The van der Waals surface area contributed by atoms with E-state index in [4.69, 9.17) is 0 Å². The second-order valence-corrected chi connectivity index (χ2v) is 11.6. The summed E-state index contributed by atoms with van der Waals surface area (Å²) >= 11 is 0. The lowest BCUT2D eigenvalue weighted by molar-refractivity contribution is -0.462. The van der Waals surface area contributed by atoms with Gasteiger partial charge >= 0.3 is 0 Å². The van der Waals surface area contributed by atoms with E-state index in [1.165, 1.54) is 0 Å². The topological polar surface area (TPSA) is 91.4 Å². The van der Waals surface area contributed by atoms with Crippen molar-refractivity contribution in [2.24, 2.45) is 0 Å². The zero-order valence-corrected chi connectivity index (χ0v) is 22.2. The second kappa shape index (κ2) is 8.52. The highest BCUT2D eigenvalue weighted by molar-refractivity contribution is 6.07. The van der Waals surface area contributed by atoms with E-state index >= 15 is 0 Å². The van der Waals surface area contributed by atoms with Crippen LogP contribution in [0.15, 0.2) is 60.7 Å². The van der Waals surface area contributed by atoms with Crippen LogP contribution in [0.2, 0.25) is 0 Å². The van der Waals surface area contributed by atoms with E-state index in [1.807, 2.05) is 24.3 Å². The molecule has 4 aromatic carbocycles. The van der Waals surface area contributed by atoms with Crippen LogP contribution in [0.5, 0.6) is 0 Å².